The molecule has 9 heteroatoms. The molecule has 1 fully saturated rings. The first kappa shape index (κ1) is 26.7. The number of carbonyl (C=O) groups is 1. The lowest BCUT2D eigenvalue weighted by atomic mass is 10.1. The summed E-state index contributed by atoms with van der Waals surface area (Å²) in [5.74, 6) is 2.38. The van der Waals surface area contributed by atoms with Crippen molar-refractivity contribution < 1.29 is 18.8 Å². The molecule has 4 aromatic rings. The van der Waals surface area contributed by atoms with E-state index in [9.17, 15) is 4.79 Å². The highest BCUT2D eigenvalue weighted by Gasteiger charge is 2.32. The molecule has 2 heterocycles. The van der Waals surface area contributed by atoms with Gasteiger partial charge in [-0.15, -0.1) is 0 Å². The van der Waals surface area contributed by atoms with Crippen LogP contribution in [0.15, 0.2) is 70.2 Å². The number of nitrogens with zero attached hydrogens (tertiary/aromatic N) is 4. The Bertz CT molecular complexity index is 1520. The fraction of sp³-hybridized carbons (Fsp3) is 0.333. The number of amidine groups is 1. The van der Waals surface area contributed by atoms with Crippen LogP contribution in [0.25, 0.3) is 22.2 Å². The molecule has 202 valence electrons. The highest BCUT2D eigenvalue weighted by atomic mass is 35.5. The minimum absolute atomic E-state index is 0.142. The maximum atomic E-state index is 12.2. The van der Waals surface area contributed by atoms with E-state index in [1.54, 1.807) is 6.92 Å². The van der Waals surface area contributed by atoms with E-state index in [2.05, 4.69) is 10.1 Å². The van der Waals surface area contributed by atoms with Crippen LogP contribution in [-0.4, -0.2) is 39.1 Å². The summed E-state index contributed by atoms with van der Waals surface area (Å²) >= 11 is 6.07. The van der Waals surface area contributed by atoms with Crippen LogP contribution in [0.5, 0.6) is 5.75 Å². The van der Waals surface area contributed by atoms with Crippen LogP contribution in [0.1, 0.15) is 58.0 Å². The van der Waals surface area contributed by atoms with Crippen LogP contribution in [-0.2, 0) is 11.3 Å². The zero-order valence-corrected chi connectivity index (χ0v) is 23.2. The van der Waals surface area contributed by atoms with E-state index in [1.807, 2.05) is 86.3 Å². The van der Waals surface area contributed by atoms with Gasteiger partial charge in [0, 0.05) is 17.1 Å². The second-order valence-electron chi connectivity index (χ2n) is 10.6. The molecule has 5 rings (SSSR count). The highest BCUT2D eigenvalue weighted by molar-refractivity contribution is 6.30. The zero-order chi connectivity index (χ0) is 27.6. The number of halogens is 1. The second-order valence-corrected chi connectivity index (χ2v) is 11.0. The average Bonchev–Trinajstić information content (AvgIpc) is 3.56. The minimum Gasteiger partial charge on any atom is -0.489 e. The number of ether oxygens (including phenoxy) is 2. The van der Waals surface area contributed by atoms with Gasteiger partial charge in [0.15, 0.2) is 0 Å². The molecular weight excluding hydrogens is 516 g/mol. The average molecular weight is 547 g/mol. The van der Waals surface area contributed by atoms with E-state index in [-0.39, 0.29) is 6.04 Å². The van der Waals surface area contributed by atoms with E-state index in [1.165, 1.54) is 0 Å². The number of amides is 1. The Kier molecular flexibility index (Phi) is 7.57. The summed E-state index contributed by atoms with van der Waals surface area (Å²) in [5, 5.41) is 7.02. The van der Waals surface area contributed by atoms with Crippen molar-refractivity contribution >= 4 is 34.3 Å². The topological polar surface area (TPSA) is 90.0 Å². The maximum Gasteiger partial charge on any atom is 0.435 e. The molecule has 1 aliphatic heterocycles. The van der Waals surface area contributed by atoms with Gasteiger partial charge in [0.1, 0.15) is 29.8 Å². The number of aromatic nitrogens is 2. The monoisotopic (exact) mass is 546 g/mol. The number of benzene rings is 3. The molecule has 0 N–H and O–H groups in total. The summed E-state index contributed by atoms with van der Waals surface area (Å²) in [6.45, 7) is 8.44. The number of carbonyl (C=O) groups excluding carboxylic acids is 1. The molecule has 0 saturated carbocycles. The van der Waals surface area contributed by atoms with Crippen LogP contribution in [0.4, 0.5) is 4.79 Å². The smallest absolute Gasteiger partial charge is 0.435 e. The largest absolute Gasteiger partial charge is 0.489 e. The molecule has 1 atom stereocenters. The lowest BCUT2D eigenvalue weighted by molar-refractivity contribution is 0.0601. The molecule has 0 aliphatic carbocycles. The number of fused-ring (bicyclic) bond motifs is 1. The number of aliphatic imine (C=N–C) groups is 1. The first-order valence-corrected chi connectivity index (χ1v) is 13.3. The third-order valence-corrected chi connectivity index (χ3v) is 6.64. The van der Waals surface area contributed by atoms with Gasteiger partial charge in [-0.3, -0.25) is 0 Å². The molecular formula is C30H31ClN4O4. The Balaban J connectivity index is 1.29. The third-order valence-electron chi connectivity index (χ3n) is 6.41. The zero-order valence-electron chi connectivity index (χ0n) is 22.5. The van der Waals surface area contributed by atoms with Gasteiger partial charge >= 0.3 is 6.09 Å². The highest BCUT2D eigenvalue weighted by Crippen LogP contribution is 2.33. The van der Waals surface area contributed by atoms with Gasteiger partial charge < -0.3 is 18.9 Å². The van der Waals surface area contributed by atoms with Gasteiger partial charge in [0.05, 0.1) is 0 Å². The number of rotatable bonds is 5. The lowest BCUT2D eigenvalue weighted by Crippen LogP contribution is -2.30. The van der Waals surface area contributed by atoms with Crippen molar-refractivity contribution in [2.75, 3.05) is 6.54 Å². The van der Waals surface area contributed by atoms with Crippen LogP contribution in [0.3, 0.4) is 0 Å². The van der Waals surface area contributed by atoms with Crippen molar-refractivity contribution in [1.82, 2.24) is 15.0 Å². The summed E-state index contributed by atoms with van der Waals surface area (Å²) in [6.07, 6.45) is 1.16. The summed E-state index contributed by atoms with van der Waals surface area (Å²) < 4.78 is 17.0. The van der Waals surface area contributed by atoms with Gasteiger partial charge in [-0.05, 0) is 87.2 Å². The SMILES string of the molecule is CC(=NC(=O)OC(C)(C)C)N1CCC[C@H]1c1nc(-c2ccc3cc(OCc4cccc(Cl)c4)ccc3c2)no1. The molecule has 1 amide bonds. The van der Waals surface area contributed by atoms with E-state index >= 15 is 0 Å². The second kappa shape index (κ2) is 11.1. The van der Waals surface area contributed by atoms with Gasteiger partial charge in [-0.2, -0.15) is 9.98 Å². The molecule has 1 aromatic heterocycles. The molecule has 0 spiro atoms. The molecule has 0 unspecified atom stereocenters. The summed E-state index contributed by atoms with van der Waals surface area (Å²) in [7, 11) is 0. The fourth-order valence-corrected chi connectivity index (χ4v) is 4.84. The van der Waals surface area contributed by atoms with Crippen LogP contribution < -0.4 is 4.74 Å². The molecule has 3 aromatic carbocycles. The minimum atomic E-state index is -0.606. The Hall–Kier alpha value is -3.91. The third kappa shape index (κ3) is 6.57. The molecule has 1 aliphatic rings. The van der Waals surface area contributed by atoms with Crippen molar-refractivity contribution in [2.45, 2.75) is 58.8 Å². The Morgan fingerprint density at radius 3 is 2.72 bits per heavy atom. The first-order valence-electron chi connectivity index (χ1n) is 12.9. The first-order chi connectivity index (χ1) is 18.6. The van der Waals surface area contributed by atoms with Gasteiger partial charge in [0.25, 0.3) is 0 Å². The number of likely N-dealkylation sites (tertiary alicyclic amines) is 1. The Labute approximate surface area is 232 Å². The van der Waals surface area contributed by atoms with E-state index < -0.39 is 11.7 Å². The van der Waals surface area contributed by atoms with Gasteiger partial charge in [-0.1, -0.05) is 47.1 Å². The summed E-state index contributed by atoms with van der Waals surface area (Å²) in [5.41, 5.74) is 1.27. The van der Waals surface area contributed by atoms with Gasteiger partial charge in [-0.25, -0.2) is 4.79 Å². The lowest BCUT2D eigenvalue weighted by Gasteiger charge is -2.24. The predicted octanol–water partition coefficient (Wildman–Crippen LogP) is 7.61. The van der Waals surface area contributed by atoms with E-state index in [4.69, 9.17) is 30.6 Å². The van der Waals surface area contributed by atoms with E-state index in [0.717, 1.165) is 47.0 Å². The normalized spacial score (nSPS) is 16.1. The Morgan fingerprint density at radius 2 is 1.92 bits per heavy atom. The van der Waals surface area contributed by atoms with Gasteiger partial charge in [0.2, 0.25) is 11.7 Å². The summed E-state index contributed by atoms with van der Waals surface area (Å²) in [6, 6.07) is 19.5. The number of hydrogen-bond acceptors (Lipinski definition) is 6. The van der Waals surface area contributed by atoms with Crippen molar-refractivity contribution in [1.29, 1.82) is 0 Å². The summed E-state index contributed by atoms with van der Waals surface area (Å²) in [4.78, 5) is 23.1. The molecule has 8 nitrogen and oxygen atoms in total. The number of hydrogen-bond donors (Lipinski definition) is 0. The van der Waals surface area contributed by atoms with Crippen molar-refractivity contribution in [3.05, 3.63) is 77.1 Å². The van der Waals surface area contributed by atoms with Crippen LogP contribution >= 0.6 is 11.6 Å². The van der Waals surface area contributed by atoms with Crippen molar-refractivity contribution in [3.8, 4) is 17.1 Å². The predicted molar refractivity (Wildman–Crippen MR) is 151 cm³/mol. The van der Waals surface area contributed by atoms with Crippen molar-refractivity contribution in [3.63, 3.8) is 0 Å². The quantitative estimate of drug-likeness (QED) is 0.188. The van der Waals surface area contributed by atoms with E-state index in [0.29, 0.717) is 29.2 Å². The van der Waals surface area contributed by atoms with Crippen molar-refractivity contribution in [2.24, 2.45) is 4.99 Å². The molecule has 0 radical (unpaired) electrons. The van der Waals surface area contributed by atoms with Crippen LogP contribution in [0, 0.1) is 0 Å². The van der Waals surface area contributed by atoms with Crippen LogP contribution in [0.2, 0.25) is 5.02 Å². The standard InChI is InChI=1S/C30H31ClN4O4/c1-19(32-29(36)38-30(2,3)4)35-14-6-9-26(35)28-33-27(34-39-28)23-11-10-22-17-25(13-12-21(22)16-23)37-18-20-7-5-8-24(31)15-20/h5,7-8,10-13,15-17,26H,6,9,14,18H2,1-4H3/t26-/m0/s1. The molecule has 39 heavy (non-hydrogen) atoms. The molecule has 1 saturated heterocycles. The fourth-order valence-electron chi connectivity index (χ4n) is 4.63. The Morgan fingerprint density at radius 1 is 1.13 bits per heavy atom. The maximum absolute atomic E-state index is 12.2. The molecule has 0 bridgehead atoms.